The molecule has 1 unspecified atom stereocenters. The standard InChI is InChI=1S/C11H9ClN2O4S2/c1-18-10(15)7-2-4-8(5-3-7)14(20(16)17)9-6-19-11(12)13-9/h2-6H,1H3,(H,16,17)/p-1. The lowest BCUT2D eigenvalue weighted by Gasteiger charge is -2.24. The van der Waals surface area contributed by atoms with Gasteiger partial charge in [0.15, 0.2) is 10.3 Å². The molecule has 0 amide bonds. The van der Waals surface area contributed by atoms with Crippen molar-refractivity contribution in [3.05, 3.63) is 39.7 Å². The average Bonchev–Trinajstić information content (AvgIpc) is 2.85. The highest BCUT2D eigenvalue weighted by Crippen LogP contribution is 2.29. The molecule has 0 spiro atoms. The van der Waals surface area contributed by atoms with Crippen LogP contribution in [0.4, 0.5) is 11.5 Å². The van der Waals surface area contributed by atoms with Crippen molar-refractivity contribution in [2.75, 3.05) is 11.4 Å². The Morgan fingerprint density at radius 2 is 2.10 bits per heavy atom. The predicted molar refractivity (Wildman–Crippen MR) is 76.0 cm³/mol. The van der Waals surface area contributed by atoms with Crippen LogP contribution in [-0.2, 0) is 16.0 Å². The third-order valence-corrected chi connectivity index (χ3v) is 4.01. The van der Waals surface area contributed by atoms with Gasteiger partial charge in [-0.15, -0.1) is 11.3 Å². The monoisotopic (exact) mass is 331 g/mol. The lowest BCUT2D eigenvalue weighted by molar-refractivity contribution is 0.0601. The third-order valence-electron chi connectivity index (χ3n) is 2.34. The van der Waals surface area contributed by atoms with Gasteiger partial charge in [0.05, 0.1) is 29.6 Å². The van der Waals surface area contributed by atoms with Crippen LogP contribution in [0.5, 0.6) is 0 Å². The Morgan fingerprint density at radius 1 is 1.45 bits per heavy atom. The topological polar surface area (TPSA) is 82.6 Å². The zero-order valence-electron chi connectivity index (χ0n) is 10.1. The van der Waals surface area contributed by atoms with E-state index < -0.39 is 17.2 Å². The number of halogens is 1. The highest BCUT2D eigenvalue weighted by Gasteiger charge is 2.14. The van der Waals surface area contributed by atoms with Crippen LogP contribution in [0.1, 0.15) is 10.4 Å². The van der Waals surface area contributed by atoms with E-state index in [4.69, 9.17) is 11.6 Å². The van der Waals surface area contributed by atoms with Gasteiger partial charge in [-0.2, -0.15) is 0 Å². The molecule has 0 aliphatic heterocycles. The van der Waals surface area contributed by atoms with Gasteiger partial charge in [-0.1, -0.05) is 11.6 Å². The molecule has 6 nitrogen and oxygen atoms in total. The second kappa shape index (κ2) is 6.31. The number of hydrogen-bond donors (Lipinski definition) is 0. The smallest absolute Gasteiger partial charge is 0.337 e. The molecule has 1 atom stereocenters. The number of carbonyl (C=O) groups excluding carboxylic acids is 1. The number of benzene rings is 1. The van der Waals surface area contributed by atoms with E-state index in [2.05, 4.69) is 9.72 Å². The first kappa shape index (κ1) is 14.9. The first-order chi connectivity index (χ1) is 9.52. The SMILES string of the molecule is COC(=O)c1ccc(N(c2csc(Cl)n2)S(=O)[O-])cc1. The molecular formula is C11H8ClN2O4S2-. The highest BCUT2D eigenvalue weighted by atomic mass is 35.5. The number of anilines is 2. The largest absolute Gasteiger partial charge is 0.755 e. The van der Waals surface area contributed by atoms with Crippen LogP contribution >= 0.6 is 22.9 Å². The van der Waals surface area contributed by atoms with Crippen molar-refractivity contribution < 1.29 is 18.3 Å². The first-order valence-corrected chi connectivity index (χ1v) is 7.51. The quantitative estimate of drug-likeness (QED) is 0.635. The van der Waals surface area contributed by atoms with Crippen molar-refractivity contribution in [3.63, 3.8) is 0 Å². The van der Waals surface area contributed by atoms with Crippen LogP contribution in [-0.4, -0.2) is 26.8 Å². The van der Waals surface area contributed by atoms with Crippen molar-refractivity contribution in [2.24, 2.45) is 0 Å². The van der Waals surface area contributed by atoms with Gasteiger partial charge < -0.3 is 9.29 Å². The molecule has 1 heterocycles. The van der Waals surface area contributed by atoms with Gasteiger partial charge in [0.25, 0.3) is 0 Å². The third kappa shape index (κ3) is 3.15. The van der Waals surface area contributed by atoms with Gasteiger partial charge in [0, 0.05) is 5.38 Å². The summed E-state index contributed by atoms with van der Waals surface area (Å²) in [5, 5.41) is 1.52. The number of aromatic nitrogens is 1. The highest BCUT2D eigenvalue weighted by molar-refractivity contribution is 7.81. The summed E-state index contributed by atoms with van der Waals surface area (Å²) in [5.41, 5.74) is 0.664. The molecule has 2 rings (SSSR count). The van der Waals surface area contributed by atoms with Gasteiger partial charge >= 0.3 is 5.97 Å². The Labute approximate surface area is 126 Å². The van der Waals surface area contributed by atoms with E-state index >= 15 is 0 Å². The summed E-state index contributed by atoms with van der Waals surface area (Å²) < 4.78 is 28.5. The fourth-order valence-electron chi connectivity index (χ4n) is 1.48. The Morgan fingerprint density at radius 3 is 2.55 bits per heavy atom. The van der Waals surface area contributed by atoms with E-state index in [0.29, 0.717) is 11.3 Å². The number of hydrogen-bond acceptors (Lipinski definition) is 6. The lowest BCUT2D eigenvalue weighted by atomic mass is 10.2. The molecule has 106 valence electrons. The Kier molecular flexibility index (Phi) is 4.71. The lowest BCUT2D eigenvalue weighted by Crippen LogP contribution is -2.19. The van der Waals surface area contributed by atoms with Crippen LogP contribution in [0.25, 0.3) is 0 Å². The van der Waals surface area contributed by atoms with Gasteiger partial charge in [0.1, 0.15) is 0 Å². The number of thiazole rings is 1. The fraction of sp³-hybridized carbons (Fsp3) is 0.0909. The number of nitrogens with zero attached hydrogens (tertiary/aromatic N) is 2. The molecule has 0 bridgehead atoms. The van der Waals surface area contributed by atoms with E-state index in [-0.39, 0.29) is 10.3 Å². The summed E-state index contributed by atoms with van der Waals surface area (Å²) in [4.78, 5) is 15.2. The van der Waals surface area contributed by atoms with Crippen LogP contribution < -0.4 is 4.31 Å². The minimum absolute atomic E-state index is 0.194. The first-order valence-electron chi connectivity index (χ1n) is 5.22. The summed E-state index contributed by atoms with van der Waals surface area (Å²) in [5.74, 6) is -0.304. The fourth-order valence-corrected chi connectivity index (χ4v) is 2.82. The summed E-state index contributed by atoms with van der Waals surface area (Å²) in [6.45, 7) is 0. The number of ether oxygens (including phenoxy) is 1. The molecule has 2 aromatic rings. The Hall–Kier alpha value is -1.48. The molecule has 0 saturated heterocycles. The molecule has 0 radical (unpaired) electrons. The van der Waals surface area contributed by atoms with Gasteiger partial charge in [0.2, 0.25) is 0 Å². The minimum Gasteiger partial charge on any atom is -0.755 e. The zero-order valence-corrected chi connectivity index (χ0v) is 12.5. The van der Waals surface area contributed by atoms with Crippen LogP contribution in [0.15, 0.2) is 29.6 Å². The number of esters is 1. The zero-order chi connectivity index (χ0) is 14.7. The average molecular weight is 332 g/mol. The van der Waals surface area contributed by atoms with E-state index in [0.717, 1.165) is 15.6 Å². The predicted octanol–water partition coefficient (Wildman–Crippen LogP) is 2.52. The van der Waals surface area contributed by atoms with Gasteiger partial charge in [-0.25, -0.2) is 9.78 Å². The van der Waals surface area contributed by atoms with Gasteiger partial charge in [-0.05, 0) is 24.3 Å². The van der Waals surface area contributed by atoms with E-state index in [1.54, 1.807) is 0 Å². The van der Waals surface area contributed by atoms with Crippen LogP contribution in [0.3, 0.4) is 0 Å². The summed E-state index contributed by atoms with van der Waals surface area (Å²) in [6.07, 6.45) is 0. The minimum atomic E-state index is -2.56. The molecule has 20 heavy (non-hydrogen) atoms. The molecular weight excluding hydrogens is 324 g/mol. The summed E-state index contributed by atoms with van der Waals surface area (Å²) >= 11 is 4.26. The molecule has 0 aliphatic rings. The molecule has 0 N–H and O–H groups in total. The van der Waals surface area contributed by atoms with Crippen molar-refractivity contribution in [3.8, 4) is 0 Å². The van der Waals surface area contributed by atoms with E-state index in [1.165, 1.54) is 36.8 Å². The van der Waals surface area contributed by atoms with Crippen molar-refractivity contribution >= 4 is 51.7 Å². The Balaban J connectivity index is 2.36. The number of carbonyl (C=O) groups is 1. The molecule has 1 aromatic carbocycles. The second-order valence-corrected chi connectivity index (χ2v) is 5.75. The van der Waals surface area contributed by atoms with Crippen LogP contribution in [0.2, 0.25) is 4.47 Å². The normalized spacial score (nSPS) is 11.9. The molecule has 0 aliphatic carbocycles. The maximum atomic E-state index is 11.3. The molecule has 0 fully saturated rings. The summed E-state index contributed by atoms with van der Waals surface area (Å²) in [7, 11) is 1.27. The number of methoxy groups -OCH3 is 1. The molecule has 0 saturated carbocycles. The van der Waals surface area contributed by atoms with Gasteiger partial charge in [-0.3, -0.25) is 8.51 Å². The van der Waals surface area contributed by atoms with Crippen molar-refractivity contribution in [2.45, 2.75) is 0 Å². The maximum Gasteiger partial charge on any atom is 0.337 e. The molecule has 9 heteroatoms. The van der Waals surface area contributed by atoms with Crippen molar-refractivity contribution in [1.82, 2.24) is 4.98 Å². The molecule has 1 aromatic heterocycles. The number of rotatable bonds is 4. The maximum absolute atomic E-state index is 11.3. The van der Waals surface area contributed by atoms with Crippen LogP contribution in [0, 0.1) is 0 Å². The van der Waals surface area contributed by atoms with Crippen molar-refractivity contribution in [1.29, 1.82) is 0 Å². The van der Waals surface area contributed by atoms with E-state index in [9.17, 15) is 13.6 Å². The Bertz CT molecular complexity index is 644. The van der Waals surface area contributed by atoms with E-state index in [1.807, 2.05) is 0 Å². The summed E-state index contributed by atoms with van der Waals surface area (Å²) in [6, 6.07) is 5.90. The second-order valence-electron chi connectivity index (χ2n) is 3.51.